The number of aromatic nitrogens is 4. The Hall–Kier alpha value is -3.95. The van der Waals surface area contributed by atoms with Crippen LogP contribution in [0.5, 0.6) is 11.5 Å². The molecule has 4 aromatic rings. The zero-order valence-corrected chi connectivity index (χ0v) is 15.5. The minimum absolute atomic E-state index is 0.0516. The van der Waals surface area contributed by atoms with Crippen molar-refractivity contribution in [3.05, 3.63) is 54.2 Å². The molecule has 0 aliphatic heterocycles. The number of ether oxygens (including phenoxy) is 2. The summed E-state index contributed by atoms with van der Waals surface area (Å²) in [4.78, 5) is 9.99. The second-order valence-corrected chi connectivity index (χ2v) is 6.01. The van der Waals surface area contributed by atoms with E-state index >= 15 is 0 Å². The molecule has 0 aliphatic rings. The third kappa shape index (κ3) is 3.24. The first-order valence-electron chi connectivity index (χ1n) is 8.45. The highest BCUT2D eigenvalue weighted by atomic mass is 19.1. The Kier molecular flexibility index (Phi) is 4.59. The van der Waals surface area contributed by atoms with E-state index in [4.69, 9.17) is 15.2 Å². The van der Waals surface area contributed by atoms with Crippen molar-refractivity contribution in [3.8, 4) is 11.5 Å². The highest BCUT2D eigenvalue weighted by Gasteiger charge is 2.23. The van der Waals surface area contributed by atoms with E-state index in [1.54, 1.807) is 18.2 Å². The Labute approximate surface area is 163 Å². The molecule has 0 saturated carbocycles. The molecule has 8 nitrogen and oxygen atoms in total. The Morgan fingerprint density at radius 2 is 1.83 bits per heavy atom. The molecule has 0 amide bonds. The number of nitrogens with one attached hydrogen (secondary N) is 1. The van der Waals surface area contributed by atoms with Crippen molar-refractivity contribution in [1.82, 2.24) is 20.2 Å². The van der Waals surface area contributed by atoms with Crippen LogP contribution in [0, 0.1) is 11.6 Å². The highest BCUT2D eigenvalue weighted by molar-refractivity contribution is 5.95. The Morgan fingerprint density at radius 1 is 1.03 bits per heavy atom. The number of nitrogens with two attached hydrogens (primary N) is 1. The second-order valence-electron chi connectivity index (χ2n) is 6.01. The summed E-state index contributed by atoms with van der Waals surface area (Å²) >= 11 is 0. The lowest BCUT2D eigenvalue weighted by molar-refractivity contribution is 0.355. The average Bonchev–Trinajstić information content (AvgIpc) is 3.12. The average molecular weight is 398 g/mol. The molecule has 2 aromatic heterocycles. The first kappa shape index (κ1) is 18.4. The fourth-order valence-corrected chi connectivity index (χ4v) is 2.97. The van der Waals surface area contributed by atoms with E-state index in [1.165, 1.54) is 37.4 Å². The van der Waals surface area contributed by atoms with Crippen LogP contribution in [-0.4, -0.2) is 34.4 Å². The lowest BCUT2D eigenvalue weighted by Crippen LogP contribution is -2.15. The molecule has 0 fully saturated rings. The fourth-order valence-electron chi connectivity index (χ4n) is 2.97. The normalized spacial score (nSPS) is 10.9. The molecule has 148 valence electrons. The fraction of sp³-hybridized carbons (Fsp3) is 0.105. The van der Waals surface area contributed by atoms with Crippen molar-refractivity contribution in [1.29, 1.82) is 0 Å². The summed E-state index contributed by atoms with van der Waals surface area (Å²) in [5, 5.41) is 6.98. The van der Waals surface area contributed by atoms with Crippen molar-refractivity contribution >= 4 is 34.2 Å². The van der Waals surface area contributed by atoms with Gasteiger partial charge in [0.25, 0.3) is 0 Å². The molecule has 0 atom stereocenters. The number of nitrogens with zero attached hydrogens (tertiary/aromatic N) is 4. The van der Waals surface area contributed by atoms with E-state index in [9.17, 15) is 8.78 Å². The van der Waals surface area contributed by atoms with Crippen LogP contribution in [0.1, 0.15) is 0 Å². The van der Waals surface area contributed by atoms with Crippen molar-refractivity contribution in [2.75, 3.05) is 24.9 Å². The summed E-state index contributed by atoms with van der Waals surface area (Å²) in [6.45, 7) is 0. The predicted octanol–water partition coefficient (Wildman–Crippen LogP) is 3.70. The van der Waals surface area contributed by atoms with Crippen LogP contribution in [-0.2, 0) is 0 Å². The van der Waals surface area contributed by atoms with Crippen LogP contribution in [0.2, 0.25) is 0 Å². The van der Waals surface area contributed by atoms with Gasteiger partial charge in [0.15, 0.2) is 23.1 Å². The molecule has 2 aromatic carbocycles. The van der Waals surface area contributed by atoms with Crippen LogP contribution in [0.15, 0.2) is 42.6 Å². The largest absolute Gasteiger partial charge is 0.493 e. The first-order chi connectivity index (χ1) is 14.0. The molecular weight excluding hydrogens is 382 g/mol. The van der Waals surface area contributed by atoms with E-state index < -0.39 is 11.6 Å². The van der Waals surface area contributed by atoms with Crippen molar-refractivity contribution in [2.24, 2.45) is 0 Å². The maximum atomic E-state index is 14.2. The molecule has 3 N–H and O–H groups in total. The Morgan fingerprint density at radius 3 is 2.55 bits per heavy atom. The third-order valence-corrected chi connectivity index (χ3v) is 4.27. The predicted molar refractivity (Wildman–Crippen MR) is 104 cm³/mol. The first-order valence-corrected chi connectivity index (χ1v) is 8.45. The minimum atomic E-state index is -0.764. The molecule has 29 heavy (non-hydrogen) atoms. The van der Waals surface area contributed by atoms with Gasteiger partial charge in [0.05, 0.1) is 25.3 Å². The van der Waals surface area contributed by atoms with E-state index in [2.05, 4.69) is 20.2 Å². The number of nitrogen functional groups attached to an aromatic ring is 1. The molecular formula is C19H16F2N6O2. The second kappa shape index (κ2) is 7.23. The number of hydrogen-bond acceptors (Lipinski definition) is 7. The summed E-state index contributed by atoms with van der Waals surface area (Å²) in [6.07, 6.45) is 1.47. The summed E-state index contributed by atoms with van der Waals surface area (Å²) in [6, 6.07) is 8.55. The van der Waals surface area contributed by atoms with Gasteiger partial charge in [0.1, 0.15) is 17.2 Å². The summed E-state index contributed by atoms with van der Waals surface area (Å²) < 4.78 is 38.7. The molecule has 0 bridgehead atoms. The molecule has 0 aliphatic carbocycles. The molecule has 0 radical (unpaired) electrons. The molecule has 0 unspecified atom stereocenters. The highest BCUT2D eigenvalue weighted by Crippen LogP contribution is 2.40. The Balaban J connectivity index is 1.98. The number of rotatable bonds is 5. The van der Waals surface area contributed by atoms with Crippen molar-refractivity contribution < 1.29 is 18.3 Å². The van der Waals surface area contributed by atoms with Crippen LogP contribution in [0.3, 0.4) is 0 Å². The lowest BCUT2D eigenvalue weighted by Gasteiger charge is -2.22. The number of H-pyrrole nitrogens is 1. The smallest absolute Gasteiger partial charge is 0.237 e. The van der Waals surface area contributed by atoms with Gasteiger partial charge in [-0.1, -0.05) is 0 Å². The minimum Gasteiger partial charge on any atom is -0.493 e. The maximum absolute atomic E-state index is 14.2. The van der Waals surface area contributed by atoms with Gasteiger partial charge in [-0.2, -0.15) is 10.1 Å². The van der Waals surface area contributed by atoms with E-state index in [0.717, 1.165) is 6.07 Å². The standard InChI is InChI=1S/C19H16F2N6O2/c1-28-14-4-3-11(9-15(14)29-2)27(19-23-6-5-16(22)24-19)18-12-7-10(20)8-13(21)17(12)25-26-18/h3-9H,1-2H3,(H,25,26)(H2,22,23,24). The zero-order chi connectivity index (χ0) is 20.5. The molecule has 0 spiro atoms. The van der Waals surface area contributed by atoms with Gasteiger partial charge in [-0.15, -0.1) is 0 Å². The summed E-state index contributed by atoms with van der Waals surface area (Å²) in [7, 11) is 3.01. The van der Waals surface area contributed by atoms with Gasteiger partial charge in [0, 0.05) is 18.3 Å². The number of fused-ring (bicyclic) bond motifs is 1. The van der Waals surface area contributed by atoms with Gasteiger partial charge in [-0.05, 0) is 24.3 Å². The number of halogens is 2. The molecule has 10 heteroatoms. The summed E-state index contributed by atoms with van der Waals surface area (Å²) in [5.74, 6) is 0.0203. The van der Waals surface area contributed by atoms with Crippen molar-refractivity contribution in [2.45, 2.75) is 0 Å². The number of aromatic amines is 1. The summed E-state index contributed by atoms with van der Waals surface area (Å²) in [5.41, 5.74) is 6.39. The third-order valence-electron chi connectivity index (χ3n) is 4.27. The maximum Gasteiger partial charge on any atom is 0.237 e. The van der Waals surface area contributed by atoms with Gasteiger partial charge in [0.2, 0.25) is 5.95 Å². The molecule has 2 heterocycles. The van der Waals surface area contributed by atoms with Gasteiger partial charge in [-0.3, -0.25) is 10.00 Å². The van der Waals surface area contributed by atoms with Crippen LogP contribution in [0.4, 0.5) is 32.1 Å². The van der Waals surface area contributed by atoms with Crippen LogP contribution >= 0.6 is 0 Å². The molecule has 0 saturated heterocycles. The topological polar surface area (TPSA) is 102 Å². The van der Waals surface area contributed by atoms with Crippen molar-refractivity contribution in [3.63, 3.8) is 0 Å². The number of benzene rings is 2. The van der Waals surface area contributed by atoms with Gasteiger partial charge >= 0.3 is 0 Å². The van der Waals surface area contributed by atoms with Crippen LogP contribution in [0.25, 0.3) is 10.9 Å². The number of anilines is 4. The van der Waals surface area contributed by atoms with E-state index in [0.29, 0.717) is 17.2 Å². The monoisotopic (exact) mass is 398 g/mol. The number of methoxy groups -OCH3 is 2. The van der Waals surface area contributed by atoms with E-state index in [1.807, 2.05) is 0 Å². The van der Waals surface area contributed by atoms with Gasteiger partial charge < -0.3 is 15.2 Å². The zero-order valence-electron chi connectivity index (χ0n) is 15.5. The van der Waals surface area contributed by atoms with Gasteiger partial charge in [-0.25, -0.2) is 13.8 Å². The Bertz CT molecular complexity index is 1200. The van der Waals surface area contributed by atoms with Crippen LogP contribution < -0.4 is 20.1 Å². The lowest BCUT2D eigenvalue weighted by atomic mass is 10.2. The number of hydrogen-bond donors (Lipinski definition) is 2. The quantitative estimate of drug-likeness (QED) is 0.528. The van der Waals surface area contributed by atoms with E-state index in [-0.39, 0.29) is 28.5 Å². The SMILES string of the molecule is COc1ccc(N(c2nccc(N)n2)c2n[nH]c3c(F)cc(F)cc23)cc1OC. The molecule has 4 rings (SSSR count).